The number of ketones is 1. The number of carbonyl (C=O) groups is 1. The molecule has 0 atom stereocenters. The van der Waals surface area contributed by atoms with E-state index in [1.165, 1.54) is 6.42 Å². The predicted molar refractivity (Wildman–Crippen MR) is 70.8 cm³/mol. The maximum absolute atomic E-state index is 12.1. The minimum absolute atomic E-state index is 0.0173. The number of Topliss-reactive ketones (excluding diaryl/α,β-unsaturated/α-hetero) is 1. The number of hydrogen-bond acceptors (Lipinski definition) is 3. The van der Waals surface area contributed by atoms with Gasteiger partial charge in [-0.2, -0.15) is 0 Å². The molecule has 4 nitrogen and oxygen atoms in total. The van der Waals surface area contributed by atoms with E-state index in [4.69, 9.17) is 0 Å². The fourth-order valence-electron chi connectivity index (χ4n) is 3.02. The van der Waals surface area contributed by atoms with Gasteiger partial charge < -0.3 is 0 Å². The Balaban J connectivity index is 1.81. The summed E-state index contributed by atoms with van der Waals surface area (Å²) in [6.07, 6.45) is 8.05. The normalized spacial score (nSPS) is 24.3. The van der Waals surface area contributed by atoms with Crippen LogP contribution in [0, 0.1) is 5.92 Å². The molecule has 0 unspecified atom stereocenters. The molecule has 2 fully saturated rings. The molecule has 0 amide bonds. The number of hydrogen-bond donors (Lipinski definition) is 1. The van der Waals surface area contributed by atoms with Crippen LogP contribution in [-0.4, -0.2) is 26.0 Å². The Morgan fingerprint density at radius 1 is 1.00 bits per heavy atom. The van der Waals surface area contributed by atoms with Crippen LogP contribution in [0.25, 0.3) is 0 Å². The highest BCUT2D eigenvalue weighted by Gasteiger charge is 2.26. The van der Waals surface area contributed by atoms with E-state index in [0.717, 1.165) is 25.7 Å². The summed E-state index contributed by atoms with van der Waals surface area (Å²) in [5.74, 6) is 0.872. The molecule has 0 saturated heterocycles. The minimum Gasteiger partial charge on any atom is -0.300 e. The molecule has 0 aromatic carbocycles. The van der Waals surface area contributed by atoms with E-state index in [1.807, 2.05) is 0 Å². The molecule has 1 N–H and O–H groups in total. The summed E-state index contributed by atoms with van der Waals surface area (Å²) in [5, 5.41) is 0. The van der Waals surface area contributed by atoms with Gasteiger partial charge in [-0.05, 0) is 31.6 Å². The summed E-state index contributed by atoms with van der Waals surface area (Å²) in [6.45, 7) is 0. The van der Waals surface area contributed by atoms with Crippen molar-refractivity contribution < 1.29 is 13.2 Å². The highest BCUT2D eigenvalue weighted by molar-refractivity contribution is 7.89. The average Bonchev–Trinajstić information content (AvgIpc) is 2.32. The number of carbonyl (C=O) groups excluding carboxylic acids is 1. The smallest absolute Gasteiger partial charge is 0.212 e. The van der Waals surface area contributed by atoms with Crippen LogP contribution in [0.4, 0.5) is 0 Å². The fourth-order valence-corrected chi connectivity index (χ4v) is 4.82. The van der Waals surface area contributed by atoms with Crippen LogP contribution < -0.4 is 4.72 Å². The van der Waals surface area contributed by atoms with Gasteiger partial charge in [0.25, 0.3) is 0 Å². The van der Waals surface area contributed by atoms with Crippen molar-refractivity contribution in [3.8, 4) is 0 Å². The van der Waals surface area contributed by atoms with Crippen LogP contribution in [0.1, 0.15) is 57.8 Å². The zero-order valence-corrected chi connectivity index (χ0v) is 11.7. The van der Waals surface area contributed by atoms with E-state index in [9.17, 15) is 13.2 Å². The Kier molecular flexibility index (Phi) is 4.78. The van der Waals surface area contributed by atoms with Gasteiger partial charge in [0.2, 0.25) is 10.0 Å². The monoisotopic (exact) mass is 273 g/mol. The second-order valence-corrected chi connectivity index (χ2v) is 7.51. The molecule has 0 aliphatic heterocycles. The first-order valence-electron chi connectivity index (χ1n) is 7.07. The lowest BCUT2D eigenvalue weighted by Crippen LogP contribution is -2.40. The van der Waals surface area contributed by atoms with E-state index in [-0.39, 0.29) is 17.6 Å². The van der Waals surface area contributed by atoms with Crippen molar-refractivity contribution in [2.45, 2.75) is 63.8 Å². The summed E-state index contributed by atoms with van der Waals surface area (Å²) in [6, 6.07) is -0.0173. The van der Waals surface area contributed by atoms with Crippen molar-refractivity contribution in [3.05, 3.63) is 0 Å². The molecule has 104 valence electrons. The molecule has 2 saturated carbocycles. The Morgan fingerprint density at radius 3 is 2.22 bits per heavy atom. The van der Waals surface area contributed by atoms with E-state index >= 15 is 0 Å². The maximum atomic E-state index is 12.1. The lowest BCUT2D eigenvalue weighted by Gasteiger charge is -2.25. The molecular formula is C13H23NO3S. The van der Waals surface area contributed by atoms with Gasteiger partial charge in [0.1, 0.15) is 5.78 Å². The van der Waals surface area contributed by atoms with Crippen LogP contribution in [0.2, 0.25) is 0 Å². The first-order chi connectivity index (χ1) is 8.55. The second kappa shape index (κ2) is 6.15. The lowest BCUT2D eigenvalue weighted by molar-refractivity contribution is -0.120. The van der Waals surface area contributed by atoms with Crippen LogP contribution >= 0.6 is 0 Å². The van der Waals surface area contributed by atoms with Gasteiger partial charge in [-0.15, -0.1) is 0 Å². The van der Waals surface area contributed by atoms with Gasteiger partial charge in [0.15, 0.2) is 0 Å². The molecule has 2 rings (SSSR count). The zero-order valence-electron chi connectivity index (χ0n) is 10.9. The molecule has 0 aromatic rings. The van der Waals surface area contributed by atoms with Crippen LogP contribution in [0.15, 0.2) is 0 Å². The Morgan fingerprint density at radius 2 is 1.61 bits per heavy atom. The third-order valence-electron chi connectivity index (χ3n) is 4.07. The van der Waals surface area contributed by atoms with Gasteiger partial charge in [-0.25, -0.2) is 13.1 Å². The van der Waals surface area contributed by atoms with Gasteiger partial charge in [-0.3, -0.25) is 4.79 Å². The molecule has 5 heteroatoms. The van der Waals surface area contributed by atoms with E-state index < -0.39 is 10.0 Å². The molecule has 0 aromatic heterocycles. The molecule has 2 aliphatic rings. The topological polar surface area (TPSA) is 63.2 Å². The van der Waals surface area contributed by atoms with Crippen molar-refractivity contribution in [1.82, 2.24) is 4.72 Å². The van der Waals surface area contributed by atoms with Gasteiger partial charge in [0.05, 0.1) is 5.75 Å². The Labute approximate surface area is 110 Å². The first kappa shape index (κ1) is 14.0. The molecule has 2 aliphatic carbocycles. The summed E-state index contributed by atoms with van der Waals surface area (Å²) < 4.78 is 26.9. The second-order valence-electron chi connectivity index (χ2n) is 5.72. The summed E-state index contributed by atoms with van der Waals surface area (Å²) in [5.41, 5.74) is 0. The summed E-state index contributed by atoms with van der Waals surface area (Å²) >= 11 is 0. The van der Waals surface area contributed by atoms with Crippen molar-refractivity contribution in [2.75, 3.05) is 5.75 Å². The molecular weight excluding hydrogens is 250 g/mol. The van der Waals surface area contributed by atoms with E-state index in [2.05, 4.69) is 4.72 Å². The number of nitrogens with one attached hydrogen (secondary N) is 1. The fraction of sp³-hybridized carbons (Fsp3) is 0.923. The van der Waals surface area contributed by atoms with Crippen molar-refractivity contribution in [1.29, 1.82) is 0 Å². The molecule has 18 heavy (non-hydrogen) atoms. The first-order valence-corrected chi connectivity index (χ1v) is 8.72. The van der Waals surface area contributed by atoms with Gasteiger partial charge >= 0.3 is 0 Å². The molecule has 0 bridgehead atoms. The van der Waals surface area contributed by atoms with E-state index in [0.29, 0.717) is 31.6 Å². The average molecular weight is 273 g/mol. The standard InChI is InChI=1S/C13H23NO3S/c15-13-8-6-12(7-9-13)14-18(16,17)10-11-4-2-1-3-5-11/h11-12,14H,1-10H2. The lowest BCUT2D eigenvalue weighted by atomic mass is 9.91. The summed E-state index contributed by atoms with van der Waals surface area (Å²) in [4.78, 5) is 11.1. The highest BCUT2D eigenvalue weighted by atomic mass is 32.2. The highest BCUT2D eigenvalue weighted by Crippen LogP contribution is 2.25. The van der Waals surface area contributed by atoms with Gasteiger partial charge in [0, 0.05) is 18.9 Å². The molecule has 0 spiro atoms. The summed E-state index contributed by atoms with van der Waals surface area (Å²) in [7, 11) is -3.16. The largest absolute Gasteiger partial charge is 0.300 e. The minimum atomic E-state index is -3.16. The van der Waals surface area contributed by atoms with Crippen LogP contribution in [0.5, 0.6) is 0 Å². The SMILES string of the molecule is O=C1CCC(NS(=O)(=O)CC2CCCCC2)CC1. The maximum Gasteiger partial charge on any atom is 0.212 e. The Bertz CT molecular complexity index is 375. The Hall–Kier alpha value is -0.420. The van der Waals surface area contributed by atoms with Crippen molar-refractivity contribution in [3.63, 3.8) is 0 Å². The molecule has 0 heterocycles. The third-order valence-corrected chi connectivity index (χ3v) is 5.67. The van der Waals surface area contributed by atoms with Crippen molar-refractivity contribution in [2.24, 2.45) is 5.92 Å². The quantitative estimate of drug-likeness (QED) is 0.852. The van der Waals surface area contributed by atoms with Crippen LogP contribution in [-0.2, 0) is 14.8 Å². The van der Waals surface area contributed by atoms with Crippen LogP contribution in [0.3, 0.4) is 0 Å². The van der Waals surface area contributed by atoms with Gasteiger partial charge in [-0.1, -0.05) is 19.3 Å². The number of rotatable bonds is 4. The third kappa shape index (κ3) is 4.35. The van der Waals surface area contributed by atoms with Crippen molar-refractivity contribution >= 4 is 15.8 Å². The predicted octanol–water partition coefficient (Wildman–Crippen LogP) is 2.00. The number of sulfonamides is 1. The zero-order chi connectivity index (χ0) is 13.0. The molecule has 0 radical (unpaired) electrons. The van der Waals surface area contributed by atoms with E-state index in [1.54, 1.807) is 0 Å².